The number of hydrogen-bond donors (Lipinski definition) is 2. The highest BCUT2D eigenvalue weighted by molar-refractivity contribution is 5.50. The van der Waals surface area contributed by atoms with Crippen LogP contribution < -0.4 is 5.32 Å². The molecule has 0 spiro atoms. The lowest BCUT2D eigenvalue weighted by molar-refractivity contribution is 0.360. The van der Waals surface area contributed by atoms with Crippen molar-refractivity contribution in [2.75, 3.05) is 5.32 Å². The summed E-state index contributed by atoms with van der Waals surface area (Å²) >= 11 is 0. The van der Waals surface area contributed by atoms with Crippen molar-refractivity contribution in [3.63, 3.8) is 0 Å². The predicted molar refractivity (Wildman–Crippen MR) is 52.3 cm³/mol. The van der Waals surface area contributed by atoms with Crippen molar-refractivity contribution in [2.24, 2.45) is 0 Å². The van der Waals surface area contributed by atoms with E-state index in [1.807, 2.05) is 13.0 Å². The van der Waals surface area contributed by atoms with Gasteiger partial charge in [0.05, 0.1) is 0 Å². The zero-order chi connectivity index (χ0) is 9.84. The lowest BCUT2D eigenvalue weighted by Gasteiger charge is -2.02. The van der Waals surface area contributed by atoms with Crippen molar-refractivity contribution in [3.8, 4) is 12.5 Å². The number of aryl methyl sites for hydroxylation is 1. The van der Waals surface area contributed by atoms with Gasteiger partial charge in [0.15, 0.2) is 0 Å². The average molecular weight is 180 g/mol. The highest BCUT2D eigenvalue weighted by Gasteiger charge is 2.08. The molecule has 0 aromatic carbocycles. The summed E-state index contributed by atoms with van der Waals surface area (Å²) in [7, 11) is 0. The third-order valence-electron chi connectivity index (χ3n) is 1.73. The van der Waals surface area contributed by atoms with E-state index in [1.165, 1.54) is 6.92 Å². The summed E-state index contributed by atoms with van der Waals surface area (Å²) in [6.45, 7) is 3.44. The van der Waals surface area contributed by atoms with Gasteiger partial charge in [0, 0.05) is 18.2 Å². The molecule has 0 amide bonds. The van der Waals surface area contributed by atoms with Crippen LogP contribution in [0.5, 0.6) is 0 Å². The van der Waals surface area contributed by atoms with E-state index in [4.69, 9.17) is 6.42 Å². The summed E-state index contributed by atoms with van der Waals surface area (Å²) in [5.74, 6) is 0.726. The van der Waals surface area contributed by atoms with Gasteiger partial charge in [-0.05, 0) is 25.5 Å². The number of terminal acetylenes is 1. The average Bonchev–Trinajstić information content (AvgIpc) is 2.31. The number of halogens is 1. The molecule has 1 rings (SSSR count). The Labute approximate surface area is 77.5 Å². The van der Waals surface area contributed by atoms with E-state index in [2.05, 4.69) is 16.3 Å². The molecule has 3 heteroatoms. The highest BCUT2D eigenvalue weighted by atomic mass is 19.1. The fraction of sp³-hybridized carbons (Fsp3) is 0.400. The molecule has 0 bridgehead atoms. The molecule has 2 N–H and O–H groups in total. The second kappa shape index (κ2) is 3.99. The van der Waals surface area contributed by atoms with Crippen molar-refractivity contribution in [3.05, 3.63) is 17.3 Å². The number of rotatable bonds is 3. The van der Waals surface area contributed by atoms with E-state index in [1.54, 1.807) is 0 Å². The van der Waals surface area contributed by atoms with Gasteiger partial charge < -0.3 is 10.3 Å². The Morgan fingerprint density at radius 2 is 2.46 bits per heavy atom. The van der Waals surface area contributed by atoms with Gasteiger partial charge in [-0.2, -0.15) is 0 Å². The first-order chi connectivity index (χ1) is 6.13. The number of aromatic nitrogens is 1. The van der Waals surface area contributed by atoms with Crippen LogP contribution in [0.1, 0.15) is 18.2 Å². The van der Waals surface area contributed by atoms with Crippen LogP contribution in [0.2, 0.25) is 0 Å². The van der Waals surface area contributed by atoms with Crippen LogP contribution in [0.25, 0.3) is 0 Å². The number of aromatic amines is 1. The molecule has 1 atom stereocenters. The Kier molecular flexibility index (Phi) is 2.97. The van der Waals surface area contributed by atoms with Gasteiger partial charge in [-0.15, -0.1) is 0 Å². The van der Waals surface area contributed by atoms with E-state index in [-0.39, 0.29) is 0 Å². The first-order valence-corrected chi connectivity index (χ1v) is 4.17. The second-order valence-electron chi connectivity index (χ2n) is 3.11. The van der Waals surface area contributed by atoms with Gasteiger partial charge in [-0.25, -0.2) is 4.39 Å². The van der Waals surface area contributed by atoms with E-state index >= 15 is 0 Å². The van der Waals surface area contributed by atoms with Gasteiger partial charge in [0.1, 0.15) is 12.0 Å². The monoisotopic (exact) mass is 180 g/mol. The minimum absolute atomic E-state index is 0.383. The lowest BCUT2D eigenvalue weighted by atomic mass is 10.1. The number of H-pyrrole nitrogens is 1. The van der Waals surface area contributed by atoms with Gasteiger partial charge in [0.25, 0.3) is 0 Å². The van der Waals surface area contributed by atoms with E-state index in [9.17, 15) is 4.39 Å². The van der Waals surface area contributed by atoms with Crippen molar-refractivity contribution in [1.82, 2.24) is 4.98 Å². The fourth-order valence-electron chi connectivity index (χ4n) is 1.29. The summed E-state index contributed by atoms with van der Waals surface area (Å²) in [4.78, 5) is 3.03. The summed E-state index contributed by atoms with van der Waals surface area (Å²) < 4.78 is 12.7. The number of hydrogen-bond acceptors (Lipinski definition) is 1. The van der Waals surface area contributed by atoms with Crippen LogP contribution in [0.3, 0.4) is 0 Å². The number of anilines is 1. The van der Waals surface area contributed by atoms with Gasteiger partial charge in [0.2, 0.25) is 0 Å². The molecule has 2 nitrogen and oxygen atoms in total. The second-order valence-corrected chi connectivity index (χ2v) is 3.11. The topological polar surface area (TPSA) is 27.8 Å². The first-order valence-electron chi connectivity index (χ1n) is 4.17. The maximum absolute atomic E-state index is 12.7. The molecule has 0 radical (unpaired) electrons. The van der Waals surface area contributed by atoms with E-state index < -0.39 is 6.17 Å². The summed E-state index contributed by atoms with van der Waals surface area (Å²) in [6.07, 6.45) is 4.62. The molecule has 1 heterocycles. The maximum atomic E-state index is 12.7. The summed E-state index contributed by atoms with van der Waals surface area (Å²) in [6, 6.07) is 4.21. The highest BCUT2D eigenvalue weighted by Crippen LogP contribution is 2.18. The van der Waals surface area contributed by atoms with Crippen molar-refractivity contribution in [2.45, 2.75) is 26.4 Å². The van der Waals surface area contributed by atoms with Crippen molar-refractivity contribution in [1.29, 1.82) is 0 Å². The minimum atomic E-state index is -0.853. The molecule has 0 saturated carbocycles. The number of nitrogens with one attached hydrogen (secondary N) is 2. The Hall–Kier alpha value is -1.43. The van der Waals surface area contributed by atoms with Gasteiger partial charge in [-0.1, -0.05) is 6.42 Å². The van der Waals surface area contributed by atoms with Crippen LogP contribution in [0.4, 0.5) is 10.2 Å². The molecule has 0 saturated heterocycles. The largest absolute Gasteiger partial charge is 0.345 e. The minimum Gasteiger partial charge on any atom is -0.345 e. The Morgan fingerprint density at radius 3 is 3.00 bits per heavy atom. The third kappa shape index (κ3) is 2.51. The molecule has 0 fully saturated rings. The zero-order valence-corrected chi connectivity index (χ0v) is 7.82. The molecule has 1 aromatic rings. The SMILES string of the molecule is C#CNc1[nH]c(C)cc1CC(C)F. The molecule has 13 heavy (non-hydrogen) atoms. The molecule has 0 aliphatic carbocycles. The Morgan fingerprint density at radius 1 is 1.77 bits per heavy atom. The Balaban J connectivity index is 2.85. The number of alkyl halides is 1. The van der Waals surface area contributed by atoms with Crippen LogP contribution in [-0.2, 0) is 6.42 Å². The molecular formula is C10H13FN2. The quantitative estimate of drug-likeness (QED) is 0.541. The predicted octanol–water partition coefficient (Wildman–Crippen LogP) is 2.23. The van der Waals surface area contributed by atoms with Crippen LogP contribution >= 0.6 is 0 Å². The van der Waals surface area contributed by atoms with Gasteiger partial charge in [-0.3, -0.25) is 0 Å². The fourth-order valence-corrected chi connectivity index (χ4v) is 1.29. The normalized spacial score (nSPS) is 12.2. The molecule has 70 valence electrons. The van der Waals surface area contributed by atoms with Crippen LogP contribution in [0, 0.1) is 19.4 Å². The van der Waals surface area contributed by atoms with Crippen molar-refractivity contribution >= 4 is 5.82 Å². The maximum Gasteiger partial charge on any atom is 0.118 e. The summed E-state index contributed by atoms with van der Waals surface area (Å²) in [5.41, 5.74) is 1.87. The molecule has 0 aliphatic heterocycles. The van der Waals surface area contributed by atoms with E-state index in [0.717, 1.165) is 17.1 Å². The van der Waals surface area contributed by atoms with Crippen LogP contribution in [-0.4, -0.2) is 11.2 Å². The summed E-state index contributed by atoms with van der Waals surface area (Å²) in [5, 5.41) is 2.71. The van der Waals surface area contributed by atoms with Crippen LogP contribution in [0.15, 0.2) is 6.07 Å². The van der Waals surface area contributed by atoms with E-state index in [0.29, 0.717) is 6.42 Å². The lowest BCUT2D eigenvalue weighted by Crippen LogP contribution is -2.00. The third-order valence-corrected chi connectivity index (χ3v) is 1.73. The standard InChI is InChI=1S/C10H13FN2/c1-4-12-10-9(5-7(2)11)6-8(3)13-10/h1,6-7,12-13H,5H2,2-3H3. The molecule has 0 aliphatic rings. The van der Waals surface area contributed by atoms with Crippen molar-refractivity contribution < 1.29 is 4.39 Å². The Bertz CT molecular complexity index is 320. The zero-order valence-electron chi connectivity index (χ0n) is 7.82. The van der Waals surface area contributed by atoms with Gasteiger partial charge >= 0.3 is 0 Å². The molecular weight excluding hydrogens is 167 g/mol. The smallest absolute Gasteiger partial charge is 0.118 e. The molecule has 1 unspecified atom stereocenters. The first kappa shape index (κ1) is 9.66. The molecule has 1 aromatic heterocycles.